The summed E-state index contributed by atoms with van der Waals surface area (Å²) >= 11 is 0. The van der Waals surface area contributed by atoms with Gasteiger partial charge in [0.1, 0.15) is 6.17 Å². The van der Waals surface area contributed by atoms with E-state index in [1.54, 1.807) is 9.80 Å². The predicted molar refractivity (Wildman–Crippen MR) is 87.3 cm³/mol. The Hall–Kier alpha value is -1.95. The summed E-state index contributed by atoms with van der Waals surface area (Å²) in [6, 6.07) is 6.99. The number of halogens is 1. The van der Waals surface area contributed by atoms with Crippen LogP contribution in [0.4, 0.5) is 15.8 Å². The Morgan fingerprint density at radius 1 is 1.22 bits per heavy atom. The van der Waals surface area contributed by atoms with Crippen molar-refractivity contribution in [3.8, 4) is 0 Å². The zero-order chi connectivity index (χ0) is 16.6. The van der Waals surface area contributed by atoms with Crippen LogP contribution in [-0.2, 0) is 9.59 Å². The maximum atomic E-state index is 13.3. The van der Waals surface area contributed by atoms with Crippen molar-refractivity contribution in [2.75, 3.05) is 22.9 Å². The molecule has 0 aromatic heterocycles. The highest BCUT2D eigenvalue weighted by molar-refractivity contribution is 6.05. The molecule has 0 spiro atoms. The van der Waals surface area contributed by atoms with E-state index in [0.717, 1.165) is 11.4 Å². The van der Waals surface area contributed by atoms with Gasteiger partial charge in [-0.2, -0.15) is 0 Å². The normalized spacial score (nSPS) is 27.5. The van der Waals surface area contributed by atoms with Gasteiger partial charge in [0.25, 0.3) is 0 Å². The van der Waals surface area contributed by atoms with Crippen LogP contribution in [0.15, 0.2) is 24.3 Å². The minimum Gasteiger partial charge on any atom is -0.307 e. The molecule has 1 saturated heterocycles. The fourth-order valence-corrected chi connectivity index (χ4v) is 3.49. The highest BCUT2D eigenvalue weighted by Gasteiger charge is 2.36. The van der Waals surface area contributed by atoms with Crippen LogP contribution in [0.5, 0.6) is 0 Å². The Kier molecular flexibility index (Phi) is 4.35. The van der Waals surface area contributed by atoms with E-state index in [9.17, 15) is 14.0 Å². The van der Waals surface area contributed by atoms with Crippen molar-refractivity contribution >= 4 is 23.2 Å². The molecule has 2 aliphatic heterocycles. The molecule has 0 aliphatic carbocycles. The maximum absolute atomic E-state index is 13.3. The molecule has 1 aromatic carbocycles. The van der Waals surface area contributed by atoms with Crippen molar-refractivity contribution in [1.29, 1.82) is 0 Å². The molecule has 0 radical (unpaired) electrons. The number of para-hydroxylation sites is 2. The molecule has 3 rings (SSSR count). The van der Waals surface area contributed by atoms with Crippen molar-refractivity contribution in [2.45, 2.75) is 44.9 Å². The molecule has 1 aromatic rings. The van der Waals surface area contributed by atoms with Gasteiger partial charge in [0.2, 0.25) is 11.8 Å². The minimum atomic E-state index is -0.875. The quantitative estimate of drug-likeness (QED) is 0.860. The van der Waals surface area contributed by atoms with E-state index in [2.05, 4.69) is 5.32 Å². The number of benzene rings is 1. The van der Waals surface area contributed by atoms with E-state index in [1.165, 1.54) is 6.92 Å². The lowest BCUT2D eigenvalue weighted by atomic mass is 10.0. The van der Waals surface area contributed by atoms with Crippen LogP contribution in [0.2, 0.25) is 0 Å². The number of rotatable bonds is 1. The average Bonchev–Trinajstić information content (AvgIpc) is 2.53. The highest BCUT2D eigenvalue weighted by Crippen LogP contribution is 2.36. The van der Waals surface area contributed by atoms with Crippen LogP contribution >= 0.6 is 0 Å². The summed E-state index contributed by atoms with van der Waals surface area (Å²) in [6.45, 7) is 4.14. The Balaban J connectivity index is 1.89. The van der Waals surface area contributed by atoms with Gasteiger partial charge < -0.3 is 15.1 Å². The molecule has 1 N–H and O–H groups in total. The molecule has 6 heteroatoms. The molecular weight excluding hydrogens is 297 g/mol. The monoisotopic (exact) mass is 319 g/mol. The zero-order valence-corrected chi connectivity index (χ0v) is 13.5. The molecule has 1 fully saturated rings. The van der Waals surface area contributed by atoms with Crippen LogP contribution in [0.25, 0.3) is 0 Å². The second kappa shape index (κ2) is 6.28. The summed E-state index contributed by atoms with van der Waals surface area (Å²) in [5, 5.41) is 3.00. The van der Waals surface area contributed by atoms with Gasteiger partial charge in [0, 0.05) is 20.0 Å². The highest BCUT2D eigenvalue weighted by atomic mass is 19.1. The predicted octanol–water partition coefficient (Wildman–Crippen LogP) is 1.86. The van der Waals surface area contributed by atoms with Gasteiger partial charge in [-0.05, 0) is 31.9 Å². The Morgan fingerprint density at radius 3 is 2.52 bits per heavy atom. The number of nitrogens with one attached hydrogen (secondary N) is 1. The fraction of sp³-hybridized carbons (Fsp3) is 0.529. The Labute approximate surface area is 135 Å². The van der Waals surface area contributed by atoms with Gasteiger partial charge in [0.15, 0.2) is 0 Å². The van der Waals surface area contributed by atoms with Gasteiger partial charge in [-0.15, -0.1) is 0 Å². The second-order valence-corrected chi connectivity index (χ2v) is 6.31. The number of nitrogens with zero attached hydrogens (tertiary/aromatic N) is 2. The number of carbonyl (C=O) groups excluding carboxylic acids is 2. The summed E-state index contributed by atoms with van der Waals surface area (Å²) in [5.41, 5.74) is 1.50. The first kappa shape index (κ1) is 15.9. The molecule has 124 valence electrons. The van der Waals surface area contributed by atoms with Gasteiger partial charge in [0.05, 0.1) is 23.5 Å². The van der Waals surface area contributed by atoms with Gasteiger partial charge in [-0.25, -0.2) is 4.39 Å². The number of alkyl halides is 1. The second-order valence-electron chi connectivity index (χ2n) is 6.31. The lowest BCUT2D eigenvalue weighted by Gasteiger charge is -2.42. The standard InChI is InChI=1S/C17H22FN3O2/c1-11-10-20(17(23)14-8-7-13(18)9-19-14)15-5-3-4-6-16(15)21(11)12(2)22/h3-6,11,13-14,19H,7-10H2,1-2H3/t11-,13?,14?/m0/s1. The molecule has 23 heavy (non-hydrogen) atoms. The number of amides is 2. The number of fused-ring (bicyclic) bond motifs is 1. The van der Waals surface area contributed by atoms with Crippen LogP contribution < -0.4 is 15.1 Å². The zero-order valence-electron chi connectivity index (χ0n) is 13.5. The minimum absolute atomic E-state index is 0.0342. The van der Waals surface area contributed by atoms with E-state index >= 15 is 0 Å². The number of hydrogen-bond acceptors (Lipinski definition) is 3. The maximum Gasteiger partial charge on any atom is 0.244 e. The third-order valence-electron chi connectivity index (χ3n) is 4.58. The van der Waals surface area contributed by atoms with Crippen molar-refractivity contribution in [3.05, 3.63) is 24.3 Å². The first-order valence-electron chi connectivity index (χ1n) is 8.06. The smallest absolute Gasteiger partial charge is 0.244 e. The molecule has 0 saturated carbocycles. The van der Waals surface area contributed by atoms with E-state index in [4.69, 9.17) is 0 Å². The fourth-order valence-electron chi connectivity index (χ4n) is 3.49. The summed E-state index contributed by atoms with van der Waals surface area (Å²) in [5.74, 6) is -0.0764. The first-order valence-corrected chi connectivity index (χ1v) is 8.06. The van der Waals surface area contributed by atoms with Crippen molar-refractivity contribution in [1.82, 2.24) is 5.32 Å². The van der Waals surface area contributed by atoms with Crippen molar-refractivity contribution < 1.29 is 14.0 Å². The molecule has 5 nitrogen and oxygen atoms in total. The average molecular weight is 319 g/mol. The lowest BCUT2D eigenvalue weighted by molar-refractivity contribution is -0.122. The summed E-state index contributed by atoms with van der Waals surface area (Å²) < 4.78 is 13.3. The molecule has 2 heterocycles. The summed E-state index contributed by atoms with van der Waals surface area (Å²) in [7, 11) is 0. The molecule has 3 atom stereocenters. The van der Waals surface area contributed by atoms with Gasteiger partial charge in [-0.1, -0.05) is 12.1 Å². The van der Waals surface area contributed by atoms with E-state index in [1.807, 2.05) is 31.2 Å². The molecule has 2 amide bonds. The number of piperidine rings is 1. The summed E-state index contributed by atoms with van der Waals surface area (Å²) in [4.78, 5) is 28.3. The Morgan fingerprint density at radius 2 is 1.91 bits per heavy atom. The number of carbonyl (C=O) groups is 2. The van der Waals surface area contributed by atoms with Gasteiger partial charge >= 0.3 is 0 Å². The lowest BCUT2D eigenvalue weighted by Crippen LogP contribution is -2.57. The topological polar surface area (TPSA) is 52.7 Å². The number of hydrogen-bond donors (Lipinski definition) is 1. The Bertz CT molecular complexity index is 614. The molecular formula is C17H22FN3O2. The summed E-state index contributed by atoms with van der Waals surface area (Å²) in [6.07, 6.45) is 0.0390. The van der Waals surface area contributed by atoms with Crippen molar-refractivity contribution in [2.24, 2.45) is 0 Å². The number of anilines is 2. The van der Waals surface area contributed by atoms with Crippen LogP contribution in [-0.4, -0.2) is 43.2 Å². The van der Waals surface area contributed by atoms with Crippen molar-refractivity contribution in [3.63, 3.8) is 0 Å². The van der Waals surface area contributed by atoms with E-state index in [0.29, 0.717) is 19.4 Å². The first-order chi connectivity index (χ1) is 11.0. The SMILES string of the molecule is CC(=O)N1c2ccccc2N(C(=O)C2CCC(F)CN2)C[C@@H]1C. The van der Waals surface area contributed by atoms with E-state index < -0.39 is 6.17 Å². The molecule has 2 aliphatic rings. The van der Waals surface area contributed by atoms with Crippen LogP contribution in [0.3, 0.4) is 0 Å². The molecule has 2 unspecified atom stereocenters. The molecule has 0 bridgehead atoms. The third kappa shape index (κ3) is 2.95. The van der Waals surface area contributed by atoms with E-state index in [-0.39, 0.29) is 30.4 Å². The third-order valence-corrected chi connectivity index (χ3v) is 4.58. The van der Waals surface area contributed by atoms with Gasteiger partial charge in [-0.3, -0.25) is 9.59 Å². The van der Waals surface area contributed by atoms with Crippen LogP contribution in [0.1, 0.15) is 26.7 Å². The largest absolute Gasteiger partial charge is 0.307 e. The van der Waals surface area contributed by atoms with Crippen LogP contribution in [0, 0.1) is 0 Å².